The molecule has 13 heavy (non-hydrogen) atoms. The van der Waals surface area contributed by atoms with E-state index in [1.807, 2.05) is 0 Å². The first kappa shape index (κ1) is 10.7. The minimum Gasteiger partial charge on any atom is -0.383 e. The van der Waals surface area contributed by atoms with E-state index >= 15 is 0 Å². The van der Waals surface area contributed by atoms with Gasteiger partial charge in [0.25, 0.3) is 0 Å². The van der Waals surface area contributed by atoms with Gasteiger partial charge in [0, 0.05) is 13.2 Å². The van der Waals surface area contributed by atoms with Gasteiger partial charge in [-0.2, -0.15) is 0 Å². The van der Waals surface area contributed by atoms with Crippen molar-refractivity contribution in [3.05, 3.63) is 12.2 Å². The topological polar surface area (TPSA) is 21.3 Å². The second kappa shape index (κ2) is 6.17. The highest BCUT2D eigenvalue weighted by Gasteiger charge is 2.10. The number of hydrogen-bond donors (Lipinski definition) is 1. The molecule has 0 saturated carbocycles. The number of methoxy groups -OCH3 is 1. The molecule has 0 saturated heterocycles. The molecule has 0 amide bonds. The molecular weight excluding hydrogens is 162 g/mol. The number of nitrogens with one attached hydrogen (secondary N) is 1. The first-order valence-electron chi connectivity index (χ1n) is 5.20. The van der Waals surface area contributed by atoms with Crippen molar-refractivity contribution in [2.45, 2.75) is 32.2 Å². The summed E-state index contributed by atoms with van der Waals surface area (Å²) in [5.41, 5.74) is 0. The molecule has 2 nitrogen and oxygen atoms in total. The Morgan fingerprint density at radius 3 is 3.00 bits per heavy atom. The van der Waals surface area contributed by atoms with E-state index in [1.54, 1.807) is 7.11 Å². The summed E-state index contributed by atoms with van der Waals surface area (Å²) in [6, 6.07) is 0.482. The predicted molar refractivity (Wildman–Crippen MR) is 55.8 cm³/mol. The molecule has 1 N–H and O–H groups in total. The molecule has 0 aliphatic heterocycles. The van der Waals surface area contributed by atoms with Crippen molar-refractivity contribution in [3.63, 3.8) is 0 Å². The van der Waals surface area contributed by atoms with Crippen LogP contribution in [-0.4, -0.2) is 26.3 Å². The van der Waals surface area contributed by atoms with Crippen molar-refractivity contribution >= 4 is 0 Å². The molecule has 2 atom stereocenters. The van der Waals surface area contributed by atoms with E-state index in [-0.39, 0.29) is 0 Å². The lowest BCUT2D eigenvalue weighted by Crippen LogP contribution is -2.34. The van der Waals surface area contributed by atoms with Gasteiger partial charge in [-0.25, -0.2) is 0 Å². The fourth-order valence-corrected chi connectivity index (χ4v) is 1.72. The molecule has 2 unspecified atom stereocenters. The highest BCUT2D eigenvalue weighted by molar-refractivity contribution is 4.90. The highest BCUT2D eigenvalue weighted by Crippen LogP contribution is 2.16. The maximum absolute atomic E-state index is 5.07. The SMILES string of the molecule is COCC(C)NCC1CC=CCC1. The molecule has 2 heteroatoms. The zero-order valence-corrected chi connectivity index (χ0v) is 8.75. The molecule has 0 aromatic carbocycles. The Morgan fingerprint density at radius 1 is 1.54 bits per heavy atom. The summed E-state index contributed by atoms with van der Waals surface area (Å²) in [5.74, 6) is 0.837. The van der Waals surface area contributed by atoms with Crippen molar-refractivity contribution in [1.82, 2.24) is 5.32 Å². The lowest BCUT2D eigenvalue weighted by Gasteiger charge is -2.20. The Hall–Kier alpha value is -0.340. The van der Waals surface area contributed by atoms with Gasteiger partial charge < -0.3 is 10.1 Å². The normalized spacial score (nSPS) is 24.6. The smallest absolute Gasteiger partial charge is 0.0613 e. The van der Waals surface area contributed by atoms with Crippen molar-refractivity contribution < 1.29 is 4.74 Å². The third-order valence-electron chi connectivity index (χ3n) is 2.55. The van der Waals surface area contributed by atoms with Crippen LogP contribution in [0.5, 0.6) is 0 Å². The summed E-state index contributed by atoms with van der Waals surface area (Å²) in [5, 5.41) is 3.49. The molecule has 0 spiro atoms. The van der Waals surface area contributed by atoms with Crippen LogP contribution in [0, 0.1) is 5.92 Å². The summed E-state index contributed by atoms with van der Waals surface area (Å²) in [4.78, 5) is 0. The van der Waals surface area contributed by atoms with Crippen LogP contribution < -0.4 is 5.32 Å². The lowest BCUT2D eigenvalue weighted by atomic mass is 9.94. The predicted octanol–water partition coefficient (Wildman–Crippen LogP) is 1.97. The molecule has 1 rings (SSSR count). The maximum atomic E-state index is 5.07. The van der Waals surface area contributed by atoms with Crippen LogP contribution >= 0.6 is 0 Å². The molecule has 1 aliphatic carbocycles. The average Bonchev–Trinajstić information content (AvgIpc) is 2.17. The standard InChI is InChI=1S/C11H21NO/c1-10(9-13-2)12-8-11-6-4-3-5-7-11/h3-4,10-12H,5-9H2,1-2H3. The molecule has 0 aromatic rings. The Kier molecular flexibility index (Phi) is 5.09. The molecule has 1 aliphatic rings. The van der Waals surface area contributed by atoms with E-state index in [0.29, 0.717) is 6.04 Å². The van der Waals surface area contributed by atoms with E-state index in [2.05, 4.69) is 24.4 Å². The number of hydrogen-bond acceptors (Lipinski definition) is 2. The van der Waals surface area contributed by atoms with E-state index in [4.69, 9.17) is 4.74 Å². The number of allylic oxidation sites excluding steroid dienone is 2. The van der Waals surface area contributed by atoms with E-state index in [0.717, 1.165) is 19.1 Å². The van der Waals surface area contributed by atoms with Gasteiger partial charge >= 0.3 is 0 Å². The summed E-state index contributed by atoms with van der Waals surface area (Å²) in [7, 11) is 1.75. The van der Waals surface area contributed by atoms with Crippen LogP contribution in [-0.2, 0) is 4.74 Å². The van der Waals surface area contributed by atoms with Gasteiger partial charge in [-0.1, -0.05) is 12.2 Å². The van der Waals surface area contributed by atoms with Crippen LogP contribution in [0.25, 0.3) is 0 Å². The lowest BCUT2D eigenvalue weighted by molar-refractivity contribution is 0.169. The zero-order valence-electron chi connectivity index (χ0n) is 8.75. The summed E-state index contributed by atoms with van der Waals surface area (Å²) in [6.07, 6.45) is 8.42. The Bertz CT molecular complexity index is 156. The average molecular weight is 183 g/mol. The minimum atomic E-state index is 0.482. The molecule has 0 heterocycles. The summed E-state index contributed by atoms with van der Waals surface area (Å²) < 4.78 is 5.07. The number of ether oxygens (including phenoxy) is 1. The van der Waals surface area contributed by atoms with Gasteiger partial charge in [0.1, 0.15) is 0 Å². The van der Waals surface area contributed by atoms with Gasteiger partial charge in [0.2, 0.25) is 0 Å². The van der Waals surface area contributed by atoms with Crippen molar-refractivity contribution in [1.29, 1.82) is 0 Å². The molecule has 76 valence electrons. The molecular formula is C11H21NO. The van der Waals surface area contributed by atoms with Crippen molar-refractivity contribution in [2.24, 2.45) is 5.92 Å². The fraction of sp³-hybridized carbons (Fsp3) is 0.818. The van der Waals surface area contributed by atoms with Crippen molar-refractivity contribution in [2.75, 3.05) is 20.3 Å². The van der Waals surface area contributed by atoms with Crippen LogP contribution in [0.3, 0.4) is 0 Å². The number of rotatable bonds is 5. The Morgan fingerprint density at radius 2 is 2.38 bits per heavy atom. The van der Waals surface area contributed by atoms with Gasteiger partial charge in [-0.3, -0.25) is 0 Å². The van der Waals surface area contributed by atoms with Gasteiger partial charge in [-0.15, -0.1) is 0 Å². The molecule has 0 radical (unpaired) electrons. The van der Waals surface area contributed by atoms with Crippen LogP contribution in [0.15, 0.2) is 12.2 Å². The van der Waals surface area contributed by atoms with Crippen LogP contribution in [0.1, 0.15) is 26.2 Å². The van der Waals surface area contributed by atoms with Gasteiger partial charge in [-0.05, 0) is 38.6 Å². The van der Waals surface area contributed by atoms with Gasteiger partial charge in [0.15, 0.2) is 0 Å². The van der Waals surface area contributed by atoms with Gasteiger partial charge in [0.05, 0.1) is 6.61 Å². The maximum Gasteiger partial charge on any atom is 0.0613 e. The highest BCUT2D eigenvalue weighted by atomic mass is 16.5. The first-order chi connectivity index (χ1) is 6.33. The van der Waals surface area contributed by atoms with Crippen molar-refractivity contribution in [3.8, 4) is 0 Å². The minimum absolute atomic E-state index is 0.482. The second-order valence-corrected chi connectivity index (χ2v) is 3.92. The monoisotopic (exact) mass is 183 g/mol. The van der Waals surface area contributed by atoms with Crippen LogP contribution in [0.2, 0.25) is 0 Å². The zero-order chi connectivity index (χ0) is 9.52. The molecule has 0 fully saturated rings. The van der Waals surface area contributed by atoms with E-state index < -0.39 is 0 Å². The van der Waals surface area contributed by atoms with E-state index in [9.17, 15) is 0 Å². The summed E-state index contributed by atoms with van der Waals surface area (Å²) in [6.45, 7) is 4.11. The van der Waals surface area contributed by atoms with E-state index in [1.165, 1.54) is 19.3 Å². The Labute approximate surface area is 81.4 Å². The second-order valence-electron chi connectivity index (χ2n) is 3.92. The molecule has 0 aromatic heterocycles. The molecule has 0 bridgehead atoms. The summed E-state index contributed by atoms with van der Waals surface area (Å²) >= 11 is 0. The quantitative estimate of drug-likeness (QED) is 0.658. The fourth-order valence-electron chi connectivity index (χ4n) is 1.72. The van der Waals surface area contributed by atoms with Crippen LogP contribution in [0.4, 0.5) is 0 Å². The third-order valence-corrected chi connectivity index (χ3v) is 2.55. The largest absolute Gasteiger partial charge is 0.383 e. The first-order valence-corrected chi connectivity index (χ1v) is 5.20. The Balaban J connectivity index is 2.07. The third kappa shape index (κ3) is 4.44.